The molecule has 40 heavy (non-hydrogen) atoms. The highest BCUT2D eigenvalue weighted by molar-refractivity contribution is 5.69. The van der Waals surface area contributed by atoms with Gasteiger partial charge in [-0.3, -0.25) is 10.2 Å². The summed E-state index contributed by atoms with van der Waals surface area (Å²) >= 11 is 0. The third kappa shape index (κ3) is 8.33. The minimum absolute atomic E-state index is 0.637. The van der Waals surface area contributed by atoms with E-state index in [0.717, 1.165) is 23.2 Å². The van der Waals surface area contributed by atoms with Gasteiger partial charge in [0.05, 0.1) is 11.4 Å². The fourth-order valence-corrected chi connectivity index (χ4v) is 7.12. The van der Waals surface area contributed by atoms with Crippen LogP contribution in [0.1, 0.15) is 154 Å². The standard InChI is InChI=1S/C34H50N4.C2H6/c1-3-5-7-10-25-14-18-27(19-15-25)31-23-33(37-35-31)29-12-9-13-30(22-29)34-24-32(36-38-34)28-20-16-26(17-21-28)11-8-6-4-2;1-2/h9,12-13,22-28H,3-8,10-11,14-21H2,1-2H3,(H,35,37)(H,36,38);1-2H3. The molecule has 2 N–H and O–H groups in total. The molecule has 2 saturated carbocycles. The van der Waals surface area contributed by atoms with E-state index >= 15 is 0 Å². The highest BCUT2D eigenvalue weighted by atomic mass is 15.1. The van der Waals surface area contributed by atoms with Crippen molar-refractivity contribution < 1.29 is 0 Å². The second-order valence-corrected chi connectivity index (χ2v) is 12.4. The summed E-state index contributed by atoms with van der Waals surface area (Å²) in [4.78, 5) is 0. The zero-order valence-electron chi connectivity index (χ0n) is 26.0. The molecule has 0 spiro atoms. The molecule has 0 aliphatic heterocycles. The molecule has 0 radical (unpaired) electrons. The van der Waals surface area contributed by atoms with Gasteiger partial charge in [0.2, 0.25) is 0 Å². The van der Waals surface area contributed by atoms with Crippen LogP contribution in [-0.2, 0) is 0 Å². The fourth-order valence-electron chi connectivity index (χ4n) is 7.12. The van der Waals surface area contributed by atoms with E-state index in [0.29, 0.717) is 11.8 Å². The van der Waals surface area contributed by atoms with Gasteiger partial charge in [-0.25, -0.2) is 0 Å². The van der Waals surface area contributed by atoms with E-state index in [1.807, 2.05) is 13.8 Å². The first-order valence-corrected chi connectivity index (χ1v) is 16.9. The fraction of sp³-hybridized carbons (Fsp3) is 0.667. The summed E-state index contributed by atoms with van der Waals surface area (Å²) in [5.41, 5.74) is 7.12. The Hall–Kier alpha value is -2.36. The summed E-state index contributed by atoms with van der Waals surface area (Å²) in [5, 5.41) is 16.3. The lowest BCUT2D eigenvalue weighted by atomic mass is 9.78. The van der Waals surface area contributed by atoms with Gasteiger partial charge in [0, 0.05) is 34.4 Å². The largest absolute Gasteiger partial charge is 0.282 e. The first-order chi connectivity index (χ1) is 19.7. The van der Waals surface area contributed by atoms with Crippen molar-refractivity contribution in [2.45, 2.75) is 142 Å². The SMILES string of the molecule is CC.CCCCCC1CCC(c2cc(-c3cccc(-c4cc(C5CCC(CCCCC)CC5)[nH]n4)c3)n[nH]2)CC1. The zero-order valence-corrected chi connectivity index (χ0v) is 26.0. The second kappa shape index (κ2) is 16.2. The molecule has 2 aliphatic rings. The summed E-state index contributed by atoms with van der Waals surface area (Å²) in [5.74, 6) is 3.16. The van der Waals surface area contributed by atoms with Crippen molar-refractivity contribution in [3.8, 4) is 22.5 Å². The zero-order chi connectivity index (χ0) is 28.2. The van der Waals surface area contributed by atoms with Gasteiger partial charge in [-0.1, -0.05) is 97.3 Å². The quantitative estimate of drug-likeness (QED) is 0.223. The topological polar surface area (TPSA) is 57.4 Å². The van der Waals surface area contributed by atoms with Crippen LogP contribution in [-0.4, -0.2) is 20.4 Å². The van der Waals surface area contributed by atoms with Gasteiger partial charge >= 0.3 is 0 Å². The number of unbranched alkanes of at least 4 members (excludes halogenated alkanes) is 4. The normalized spacial score (nSPS) is 23.0. The molecular weight excluding hydrogens is 488 g/mol. The number of benzene rings is 1. The average molecular weight is 545 g/mol. The molecule has 2 aliphatic carbocycles. The van der Waals surface area contributed by atoms with Crippen LogP contribution in [0.15, 0.2) is 36.4 Å². The van der Waals surface area contributed by atoms with E-state index in [1.165, 1.54) is 125 Å². The number of aromatic amines is 2. The van der Waals surface area contributed by atoms with E-state index in [4.69, 9.17) is 10.2 Å². The lowest BCUT2D eigenvalue weighted by molar-refractivity contribution is 0.300. The molecule has 1 aromatic carbocycles. The van der Waals surface area contributed by atoms with Crippen LogP contribution in [0.3, 0.4) is 0 Å². The van der Waals surface area contributed by atoms with E-state index in [2.05, 4.69) is 60.4 Å². The van der Waals surface area contributed by atoms with E-state index in [9.17, 15) is 0 Å². The Morgan fingerprint density at radius 1 is 0.600 bits per heavy atom. The summed E-state index contributed by atoms with van der Waals surface area (Å²) in [6.45, 7) is 8.60. The number of nitrogens with zero attached hydrogens (tertiary/aromatic N) is 2. The Morgan fingerprint density at radius 2 is 1.02 bits per heavy atom. The molecule has 4 heteroatoms. The van der Waals surface area contributed by atoms with Crippen molar-refractivity contribution in [2.24, 2.45) is 11.8 Å². The van der Waals surface area contributed by atoms with Crippen molar-refractivity contribution in [1.82, 2.24) is 20.4 Å². The van der Waals surface area contributed by atoms with Gasteiger partial charge in [-0.15, -0.1) is 0 Å². The lowest BCUT2D eigenvalue weighted by Crippen LogP contribution is -2.13. The molecule has 0 atom stereocenters. The van der Waals surface area contributed by atoms with E-state index < -0.39 is 0 Å². The molecule has 0 unspecified atom stereocenters. The van der Waals surface area contributed by atoms with Crippen LogP contribution in [0.2, 0.25) is 0 Å². The Morgan fingerprint density at radius 3 is 1.43 bits per heavy atom. The Balaban J connectivity index is 0.00000181. The molecule has 220 valence electrons. The van der Waals surface area contributed by atoms with Crippen LogP contribution < -0.4 is 0 Å². The monoisotopic (exact) mass is 544 g/mol. The highest BCUT2D eigenvalue weighted by Crippen LogP contribution is 2.39. The van der Waals surface area contributed by atoms with Gasteiger partial charge in [0.25, 0.3) is 0 Å². The van der Waals surface area contributed by atoms with E-state index in [1.54, 1.807) is 0 Å². The van der Waals surface area contributed by atoms with Gasteiger partial charge in [0.1, 0.15) is 0 Å². The number of rotatable bonds is 12. The van der Waals surface area contributed by atoms with Crippen molar-refractivity contribution in [3.63, 3.8) is 0 Å². The maximum absolute atomic E-state index is 4.74. The van der Waals surface area contributed by atoms with Crippen molar-refractivity contribution in [1.29, 1.82) is 0 Å². The summed E-state index contributed by atoms with van der Waals surface area (Å²) in [6.07, 6.45) is 21.8. The summed E-state index contributed by atoms with van der Waals surface area (Å²) in [6, 6.07) is 13.4. The van der Waals surface area contributed by atoms with Crippen molar-refractivity contribution in [2.75, 3.05) is 0 Å². The van der Waals surface area contributed by atoms with Crippen LogP contribution in [0.25, 0.3) is 22.5 Å². The van der Waals surface area contributed by atoms with Crippen LogP contribution in [0.5, 0.6) is 0 Å². The number of hydrogen-bond acceptors (Lipinski definition) is 2. The molecule has 0 amide bonds. The third-order valence-electron chi connectivity index (χ3n) is 9.65. The van der Waals surface area contributed by atoms with Gasteiger partial charge in [-0.05, 0) is 81.4 Å². The molecule has 4 nitrogen and oxygen atoms in total. The van der Waals surface area contributed by atoms with Gasteiger partial charge < -0.3 is 0 Å². The Kier molecular flexibility index (Phi) is 12.4. The Labute approximate surface area is 244 Å². The predicted octanol–water partition coefficient (Wildman–Crippen LogP) is 11.2. The van der Waals surface area contributed by atoms with Crippen molar-refractivity contribution in [3.05, 3.63) is 47.8 Å². The number of hydrogen-bond donors (Lipinski definition) is 2. The predicted molar refractivity (Wildman–Crippen MR) is 171 cm³/mol. The molecule has 5 rings (SSSR count). The third-order valence-corrected chi connectivity index (χ3v) is 9.65. The second-order valence-electron chi connectivity index (χ2n) is 12.4. The first-order valence-electron chi connectivity index (χ1n) is 16.9. The van der Waals surface area contributed by atoms with Crippen molar-refractivity contribution >= 4 is 0 Å². The molecule has 3 aromatic rings. The number of H-pyrrole nitrogens is 2. The molecule has 2 fully saturated rings. The van der Waals surface area contributed by atoms with Crippen LogP contribution in [0, 0.1) is 11.8 Å². The van der Waals surface area contributed by atoms with Gasteiger partial charge in [0.15, 0.2) is 0 Å². The Bertz CT molecular complexity index is 1010. The summed E-state index contributed by atoms with van der Waals surface area (Å²) in [7, 11) is 0. The molecule has 2 aromatic heterocycles. The molecule has 0 bridgehead atoms. The minimum atomic E-state index is 0.637. The summed E-state index contributed by atoms with van der Waals surface area (Å²) < 4.78 is 0. The molecular formula is C36H56N4. The maximum atomic E-state index is 4.74. The first kappa shape index (κ1) is 30.6. The van der Waals surface area contributed by atoms with E-state index in [-0.39, 0.29) is 0 Å². The van der Waals surface area contributed by atoms with Gasteiger partial charge in [-0.2, -0.15) is 10.2 Å². The average Bonchev–Trinajstić information content (AvgIpc) is 3.71. The highest BCUT2D eigenvalue weighted by Gasteiger charge is 2.25. The number of nitrogens with one attached hydrogen (secondary N) is 2. The van der Waals surface area contributed by atoms with Crippen LogP contribution >= 0.6 is 0 Å². The minimum Gasteiger partial charge on any atom is -0.282 e. The smallest absolute Gasteiger partial charge is 0.0923 e. The van der Waals surface area contributed by atoms with Crippen LogP contribution in [0.4, 0.5) is 0 Å². The lowest BCUT2D eigenvalue weighted by Gasteiger charge is -2.27. The molecule has 2 heterocycles. The molecule has 0 saturated heterocycles. The maximum Gasteiger partial charge on any atom is 0.0923 e. The number of aromatic nitrogens is 4.